The van der Waals surface area contributed by atoms with E-state index in [2.05, 4.69) is 94.1 Å². The average molecular weight is 418 g/mol. The number of hydrogen-bond acceptors (Lipinski definition) is 1. The number of rotatable bonds is 1. The van der Waals surface area contributed by atoms with Crippen LogP contribution in [0.1, 0.15) is 71.4 Å². The van der Waals surface area contributed by atoms with E-state index in [1.807, 2.05) is 0 Å². The highest BCUT2D eigenvalue weighted by Gasteiger charge is 2.57. The fourth-order valence-electron chi connectivity index (χ4n) is 5.98. The van der Waals surface area contributed by atoms with Crippen molar-refractivity contribution in [2.75, 3.05) is 4.90 Å². The molecule has 5 rings (SSSR count). The van der Waals surface area contributed by atoms with E-state index in [-0.39, 0.29) is 16.4 Å². The molecule has 0 radical (unpaired) electrons. The van der Waals surface area contributed by atoms with Crippen LogP contribution in [0.2, 0.25) is 5.02 Å². The Bertz CT molecular complexity index is 1140. The fraction of sp³-hybridized carbons (Fsp3) is 0.429. The first-order valence-electron chi connectivity index (χ1n) is 11.3. The van der Waals surface area contributed by atoms with Gasteiger partial charge in [0.2, 0.25) is 0 Å². The number of benzene rings is 3. The van der Waals surface area contributed by atoms with Crippen molar-refractivity contribution in [1.82, 2.24) is 0 Å². The van der Waals surface area contributed by atoms with Gasteiger partial charge in [0.25, 0.3) is 0 Å². The van der Waals surface area contributed by atoms with Crippen LogP contribution in [0.3, 0.4) is 0 Å². The quantitative estimate of drug-likeness (QED) is 0.383. The minimum atomic E-state index is 0.0515. The Morgan fingerprint density at radius 2 is 1.63 bits per heavy atom. The minimum Gasteiger partial charge on any atom is -0.334 e. The van der Waals surface area contributed by atoms with Gasteiger partial charge in [-0.25, -0.2) is 0 Å². The molecule has 1 heterocycles. The van der Waals surface area contributed by atoms with E-state index in [4.69, 9.17) is 11.6 Å². The van der Waals surface area contributed by atoms with E-state index in [0.29, 0.717) is 0 Å². The molecular formula is C28H32ClN. The molecule has 2 atom stereocenters. The van der Waals surface area contributed by atoms with Gasteiger partial charge in [0.1, 0.15) is 0 Å². The molecule has 30 heavy (non-hydrogen) atoms. The molecule has 0 saturated heterocycles. The number of anilines is 2. The van der Waals surface area contributed by atoms with Crippen LogP contribution in [0.5, 0.6) is 0 Å². The van der Waals surface area contributed by atoms with E-state index < -0.39 is 0 Å². The van der Waals surface area contributed by atoms with E-state index in [0.717, 1.165) is 10.4 Å². The molecule has 1 nitrogen and oxygen atoms in total. The normalized spacial score (nSPS) is 26.0. The van der Waals surface area contributed by atoms with E-state index >= 15 is 0 Å². The second kappa shape index (κ2) is 6.50. The third kappa shape index (κ3) is 2.67. The van der Waals surface area contributed by atoms with Gasteiger partial charge in [0.15, 0.2) is 0 Å². The maximum Gasteiger partial charge on any atom is 0.0517 e. The Morgan fingerprint density at radius 1 is 0.900 bits per heavy atom. The Labute approximate surface area is 186 Å². The summed E-state index contributed by atoms with van der Waals surface area (Å²) >= 11 is 6.78. The number of nitrogens with zero attached hydrogens (tertiary/aromatic N) is 1. The summed E-state index contributed by atoms with van der Waals surface area (Å²) < 4.78 is 0. The second-order valence-electron chi connectivity index (χ2n) is 10.8. The van der Waals surface area contributed by atoms with Crippen LogP contribution >= 0.6 is 11.6 Å². The van der Waals surface area contributed by atoms with Crippen molar-refractivity contribution in [3.63, 3.8) is 0 Å². The van der Waals surface area contributed by atoms with Crippen LogP contribution in [0, 0.1) is 0 Å². The first-order chi connectivity index (χ1) is 14.1. The average Bonchev–Trinajstić information content (AvgIpc) is 2.91. The van der Waals surface area contributed by atoms with Gasteiger partial charge in [-0.05, 0) is 59.9 Å². The summed E-state index contributed by atoms with van der Waals surface area (Å²) in [5.74, 6) is 0. The fourth-order valence-corrected chi connectivity index (χ4v) is 6.27. The Balaban J connectivity index is 1.77. The molecule has 1 fully saturated rings. The highest BCUT2D eigenvalue weighted by atomic mass is 35.5. The summed E-state index contributed by atoms with van der Waals surface area (Å²) in [6.07, 6.45) is 5.02. The summed E-state index contributed by atoms with van der Waals surface area (Å²) in [4.78, 5) is 2.62. The van der Waals surface area contributed by atoms with Crippen LogP contribution in [0.15, 0.2) is 54.6 Å². The smallest absolute Gasteiger partial charge is 0.0517 e. The molecule has 0 aromatic heterocycles. The van der Waals surface area contributed by atoms with Gasteiger partial charge in [-0.1, -0.05) is 88.5 Å². The lowest BCUT2D eigenvalue weighted by molar-refractivity contribution is 0.195. The van der Waals surface area contributed by atoms with Crippen molar-refractivity contribution in [3.05, 3.63) is 70.7 Å². The second-order valence-corrected chi connectivity index (χ2v) is 11.2. The molecule has 1 saturated carbocycles. The van der Waals surface area contributed by atoms with E-state index in [9.17, 15) is 0 Å². The van der Waals surface area contributed by atoms with Crippen molar-refractivity contribution < 1.29 is 0 Å². The summed E-state index contributed by atoms with van der Waals surface area (Å²) in [6.45, 7) is 11.9. The number of fused-ring (bicyclic) bond motifs is 4. The first-order valence-corrected chi connectivity index (χ1v) is 11.7. The van der Waals surface area contributed by atoms with Gasteiger partial charge in [-0.2, -0.15) is 0 Å². The monoisotopic (exact) mass is 417 g/mol. The zero-order valence-electron chi connectivity index (χ0n) is 18.8. The van der Waals surface area contributed by atoms with Crippen molar-refractivity contribution in [2.45, 2.75) is 76.7 Å². The highest BCUT2D eigenvalue weighted by molar-refractivity contribution is 6.36. The van der Waals surface area contributed by atoms with Gasteiger partial charge >= 0.3 is 0 Å². The van der Waals surface area contributed by atoms with Crippen molar-refractivity contribution in [1.29, 1.82) is 0 Å². The molecule has 3 aromatic rings. The Morgan fingerprint density at radius 3 is 2.40 bits per heavy atom. The van der Waals surface area contributed by atoms with Crippen molar-refractivity contribution in [2.24, 2.45) is 0 Å². The minimum absolute atomic E-state index is 0.0515. The predicted octanol–water partition coefficient (Wildman–Crippen LogP) is 8.53. The standard InChI is InChI=1S/C28H32ClN/c1-26(2,3)20-12-13-25-23(17-20)27(4)14-8-9-15-28(27,5)30(25)21-16-19-10-6-7-11-22(19)24(29)18-21/h6-7,10-13,16-18H,8-9,14-15H2,1-5H3. The molecule has 0 spiro atoms. The largest absolute Gasteiger partial charge is 0.334 e. The van der Waals surface area contributed by atoms with Gasteiger partial charge < -0.3 is 4.90 Å². The molecule has 156 valence electrons. The molecule has 2 unspecified atom stereocenters. The van der Waals surface area contributed by atoms with Gasteiger partial charge in [0, 0.05) is 22.2 Å². The first kappa shape index (κ1) is 19.9. The molecule has 0 amide bonds. The zero-order chi connectivity index (χ0) is 21.3. The van der Waals surface area contributed by atoms with Crippen LogP contribution in [0.25, 0.3) is 10.8 Å². The topological polar surface area (TPSA) is 3.24 Å². The Kier molecular flexibility index (Phi) is 4.32. The van der Waals surface area contributed by atoms with Crippen LogP contribution < -0.4 is 4.90 Å². The number of halogens is 1. The van der Waals surface area contributed by atoms with Gasteiger partial charge in [-0.15, -0.1) is 0 Å². The Hall–Kier alpha value is -1.99. The molecule has 1 aliphatic carbocycles. The maximum absolute atomic E-state index is 6.78. The summed E-state index contributed by atoms with van der Waals surface area (Å²) in [5.41, 5.74) is 5.86. The lowest BCUT2D eigenvalue weighted by Gasteiger charge is -2.50. The van der Waals surface area contributed by atoms with Gasteiger partial charge in [-0.3, -0.25) is 0 Å². The molecule has 0 N–H and O–H groups in total. The lowest BCUT2D eigenvalue weighted by atomic mass is 9.61. The van der Waals surface area contributed by atoms with Crippen molar-refractivity contribution in [3.8, 4) is 0 Å². The maximum atomic E-state index is 6.78. The molecule has 2 aliphatic rings. The molecule has 0 bridgehead atoms. The third-order valence-corrected chi connectivity index (χ3v) is 8.34. The lowest BCUT2D eigenvalue weighted by Crippen LogP contribution is -2.54. The third-order valence-electron chi connectivity index (χ3n) is 8.02. The van der Waals surface area contributed by atoms with Gasteiger partial charge in [0.05, 0.1) is 10.6 Å². The SMILES string of the molecule is CC(C)(C)c1ccc2c(c1)C1(C)CCCCC1(C)N2c1cc(Cl)c2ccccc2c1. The van der Waals surface area contributed by atoms with Crippen LogP contribution in [0.4, 0.5) is 11.4 Å². The molecular weight excluding hydrogens is 386 g/mol. The predicted molar refractivity (Wildman–Crippen MR) is 130 cm³/mol. The number of hydrogen-bond donors (Lipinski definition) is 0. The molecule has 2 heteroatoms. The highest BCUT2D eigenvalue weighted by Crippen LogP contribution is 2.61. The van der Waals surface area contributed by atoms with Crippen molar-refractivity contribution >= 4 is 33.7 Å². The summed E-state index contributed by atoms with van der Waals surface area (Å²) in [5, 5.41) is 3.17. The zero-order valence-corrected chi connectivity index (χ0v) is 19.6. The summed E-state index contributed by atoms with van der Waals surface area (Å²) in [7, 11) is 0. The van der Waals surface area contributed by atoms with Crippen LogP contribution in [-0.4, -0.2) is 5.54 Å². The van der Waals surface area contributed by atoms with E-state index in [1.54, 1.807) is 0 Å². The van der Waals surface area contributed by atoms with Crippen LogP contribution in [-0.2, 0) is 10.8 Å². The summed E-state index contributed by atoms with van der Waals surface area (Å²) in [6, 6.07) is 20.2. The molecule has 1 aliphatic heterocycles. The molecule has 3 aromatic carbocycles. The van der Waals surface area contributed by atoms with E-state index in [1.165, 1.54) is 53.6 Å².